The van der Waals surface area contributed by atoms with Gasteiger partial charge >= 0.3 is 0 Å². The van der Waals surface area contributed by atoms with Crippen LogP contribution in [0.15, 0.2) is 4.99 Å². The van der Waals surface area contributed by atoms with Crippen LogP contribution in [0.3, 0.4) is 0 Å². The Labute approximate surface area is 54.8 Å². The topological polar surface area (TPSA) is 27.6 Å². The summed E-state index contributed by atoms with van der Waals surface area (Å²) in [5.41, 5.74) is 0. The van der Waals surface area contributed by atoms with E-state index in [1.807, 2.05) is 0 Å². The first-order chi connectivity index (χ1) is 4.47. The molecule has 0 aromatic carbocycles. The van der Waals surface area contributed by atoms with Crippen LogP contribution >= 0.6 is 0 Å². The van der Waals surface area contributed by atoms with Crippen molar-refractivity contribution in [2.24, 2.45) is 4.99 Å². The van der Waals surface area contributed by atoms with E-state index in [1.165, 1.54) is 5.84 Å². The largest absolute Gasteiger partial charge is 0.356 e. The Morgan fingerprint density at radius 3 is 3.33 bits per heavy atom. The van der Waals surface area contributed by atoms with Gasteiger partial charge in [0.1, 0.15) is 5.84 Å². The molecule has 0 radical (unpaired) electrons. The van der Waals surface area contributed by atoms with Gasteiger partial charge in [-0.05, 0) is 0 Å². The summed E-state index contributed by atoms with van der Waals surface area (Å²) >= 11 is 0. The van der Waals surface area contributed by atoms with Crippen molar-refractivity contribution in [1.82, 2.24) is 10.2 Å². The van der Waals surface area contributed by atoms with Crippen molar-refractivity contribution >= 4 is 5.84 Å². The number of hydrogen-bond acceptors (Lipinski definition) is 3. The summed E-state index contributed by atoms with van der Waals surface area (Å²) in [6, 6.07) is 0. The van der Waals surface area contributed by atoms with Gasteiger partial charge < -0.3 is 10.2 Å². The molecule has 50 valence electrons. The van der Waals surface area contributed by atoms with Gasteiger partial charge in [0.2, 0.25) is 0 Å². The van der Waals surface area contributed by atoms with Crippen LogP contribution in [0.1, 0.15) is 0 Å². The molecule has 3 heteroatoms. The molecular formula is C6H11N3. The molecule has 2 heterocycles. The molecule has 0 aromatic heterocycles. The van der Waals surface area contributed by atoms with E-state index in [1.54, 1.807) is 0 Å². The maximum absolute atomic E-state index is 4.34. The molecule has 3 nitrogen and oxygen atoms in total. The van der Waals surface area contributed by atoms with Crippen molar-refractivity contribution in [2.75, 3.05) is 32.7 Å². The van der Waals surface area contributed by atoms with Crippen molar-refractivity contribution in [2.45, 2.75) is 0 Å². The molecule has 2 aliphatic rings. The molecule has 1 N–H and O–H groups in total. The molecule has 1 fully saturated rings. The highest BCUT2D eigenvalue weighted by atomic mass is 15.3. The molecule has 0 bridgehead atoms. The summed E-state index contributed by atoms with van der Waals surface area (Å²) in [6.45, 7) is 5.42. The van der Waals surface area contributed by atoms with E-state index in [9.17, 15) is 0 Å². The standard InChI is InChI=1S/C6H11N3/c1-3-9-4-2-8-6(9)5-7-1/h7H,1-5H2. The molecular weight excluding hydrogens is 114 g/mol. The highest BCUT2D eigenvalue weighted by Gasteiger charge is 2.18. The molecule has 0 spiro atoms. The zero-order valence-electron chi connectivity index (χ0n) is 5.43. The Morgan fingerprint density at radius 2 is 2.44 bits per heavy atom. The van der Waals surface area contributed by atoms with Crippen molar-refractivity contribution < 1.29 is 0 Å². The summed E-state index contributed by atoms with van der Waals surface area (Å²) < 4.78 is 0. The fraction of sp³-hybridized carbons (Fsp3) is 0.833. The molecule has 0 amide bonds. The normalized spacial score (nSPS) is 25.8. The van der Waals surface area contributed by atoms with Gasteiger partial charge in [0.25, 0.3) is 0 Å². The van der Waals surface area contributed by atoms with Gasteiger partial charge in [0.05, 0.1) is 13.1 Å². The number of rotatable bonds is 0. The van der Waals surface area contributed by atoms with E-state index in [4.69, 9.17) is 0 Å². The average Bonchev–Trinajstić information content (AvgIpc) is 2.33. The molecule has 1 saturated heterocycles. The Hall–Kier alpha value is -0.570. The second kappa shape index (κ2) is 1.99. The predicted octanol–water partition coefficient (Wildman–Crippen LogP) is -0.696. The number of nitrogens with one attached hydrogen (secondary N) is 1. The maximum Gasteiger partial charge on any atom is 0.113 e. The van der Waals surface area contributed by atoms with Crippen LogP contribution in [0.5, 0.6) is 0 Å². The summed E-state index contributed by atoms with van der Waals surface area (Å²) in [6.07, 6.45) is 0. The minimum Gasteiger partial charge on any atom is -0.356 e. The van der Waals surface area contributed by atoms with Crippen LogP contribution in [-0.2, 0) is 0 Å². The zero-order chi connectivity index (χ0) is 6.10. The SMILES string of the molecule is C1CN2CCNCC2=N1. The van der Waals surface area contributed by atoms with E-state index in [0.717, 1.165) is 32.7 Å². The van der Waals surface area contributed by atoms with Crippen LogP contribution < -0.4 is 5.32 Å². The van der Waals surface area contributed by atoms with Crippen molar-refractivity contribution in [3.8, 4) is 0 Å². The fourth-order valence-electron chi connectivity index (χ4n) is 1.35. The second-order valence-electron chi connectivity index (χ2n) is 2.46. The third-order valence-corrected chi connectivity index (χ3v) is 1.87. The lowest BCUT2D eigenvalue weighted by Crippen LogP contribution is -2.45. The Morgan fingerprint density at radius 1 is 1.44 bits per heavy atom. The van der Waals surface area contributed by atoms with Gasteiger partial charge in [-0.1, -0.05) is 0 Å². The van der Waals surface area contributed by atoms with Gasteiger partial charge in [-0.25, -0.2) is 0 Å². The van der Waals surface area contributed by atoms with Gasteiger partial charge in [-0.3, -0.25) is 4.99 Å². The average molecular weight is 125 g/mol. The van der Waals surface area contributed by atoms with Crippen LogP contribution in [0, 0.1) is 0 Å². The summed E-state index contributed by atoms with van der Waals surface area (Å²) in [5.74, 6) is 1.27. The third-order valence-electron chi connectivity index (χ3n) is 1.87. The number of fused-ring (bicyclic) bond motifs is 1. The number of nitrogens with zero attached hydrogens (tertiary/aromatic N) is 2. The summed E-state index contributed by atoms with van der Waals surface area (Å²) in [5, 5.41) is 3.28. The van der Waals surface area contributed by atoms with Crippen molar-refractivity contribution in [3.05, 3.63) is 0 Å². The number of amidine groups is 1. The molecule has 9 heavy (non-hydrogen) atoms. The van der Waals surface area contributed by atoms with E-state index in [0.29, 0.717) is 0 Å². The van der Waals surface area contributed by atoms with Gasteiger partial charge in [0.15, 0.2) is 0 Å². The first kappa shape index (κ1) is 5.23. The fourth-order valence-corrected chi connectivity index (χ4v) is 1.35. The van der Waals surface area contributed by atoms with Crippen LogP contribution in [-0.4, -0.2) is 43.5 Å². The smallest absolute Gasteiger partial charge is 0.113 e. The lowest BCUT2D eigenvalue weighted by Gasteiger charge is -2.25. The van der Waals surface area contributed by atoms with Crippen molar-refractivity contribution in [1.29, 1.82) is 0 Å². The van der Waals surface area contributed by atoms with Gasteiger partial charge in [-0.2, -0.15) is 0 Å². The number of aliphatic imine (C=N–C) groups is 1. The Balaban J connectivity index is 2.09. The van der Waals surface area contributed by atoms with E-state index in [2.05, 4.69) is 15.2 Å². The quantitative estimate of drug-likeness (QED) is 0.464. The monoisotopic (exact) mass is 125 g/mol. The predicted molar refractivity (Wildman–Crippen MR) is 36.7 cm³/mol. The Kier molecular flexibility index (Phi) is 1.16. The lowest BCUT2D eigenvalue weighted by molar-refractivity contribution is 0.415. The highest BCUT2D eigenvalue weighted by Crippen LogP contribution is 2.02. The lowest BCUT2D eigenvalue weighted by atomic mass is 10.4. The molecule has 0 aromatic rings. The second-order valence-corrected chi connectivity index (χ2v) is 2.46. The van der Waals surface area contributed by atoms with E-state index in [-0.39, 0.29) is 0 Å². The summed E-state index contributed by atoms with van der Waals surface area (Å²) in [7, 11) is 0. The summed E-state index contributed by atoms with van der Waals surface area (Å²) in [4.78, 5) is 6.70. The molecule has 0 unspecified atom stereocenters. The first-order valence-corrected chi connectivity index (χ1v) is 3.46. The van der Waals surface area contributed by atoms with Gasteiger partial charge in [0, 0.05) is 19.6 Å². The molecule has 2 rings (SSSR count). The number of hydrogen-bond donors (Lipinski definition) is 1. The number of piperazine rings is 1. The molecule has 0 atom stereocenters. The first-order valence-electron chi connectivity index (χ1n) is 3.46. The molecule has 0 aliphatic carbocycles. The molecule has 2 aliphatic heterocycles. The van der Waals surface area contributed by atoms with E-state index >= 15 is 0 Å². The third kappa shape index (κ3) is 0.812. The minimum absolute atomic E-state index is 0.986. The molecule has 0 saturated carbocycles. The van der Waals surface area contributed by atoms with Crippen LogP contribution in [0.4, 0.5) is 0 Å². The highest BCUT2D eigenvalue weighted by molar-refractivity contribution is 5.86. The van der Waals surface area contributed by atoms with Gasteiger partial charge in [-0.15, -0.1) is 0 Å². The maximum atomic E-state index is 4.34. The Bertz CT molecular complexity index is 141. The van der Waals surface area contributed by atoms with Crippen LogP contribution in [0.25, 0.3) is 0 Å². The van der Waals surface area contributed by atoms with E-state index < -0.39 is 0 Å². The van der Waals surface area contributed by atoms with Crippen molar-refractivity contribution in [3.63, 3.8) is 0 Å². The minimum atomic E-state index is 0.986. The zero-order valence-corrected chi connectivity index (χ0v) is 5.43. The van der Waals surface area contributed by atoms with Crippen LogP contribution in [0.2, 0.25) is 0 Å².